The second-order valence-electron chi connectivity index (χ2n) is 6.49. The number of nitrogens with one attached hydrogen (secondary N) is 4. The van der Waals surface area contributed by atoms with E-state index >= 15 is 0 Å². The molecule has 4 atom stereocenters. The van der Waals surface area contributed by atoms with Gasteiger partial charge in [0.05, 0.1) is 6.04 Å². The highest BCUT2D eigenvalue weighted by Gasteiger charge is 2.38. The van der Waals surface area contributed by atoms with Gasteiger partial charge in [-0.05, 0) is 38.0 Å². The average molecular weight is 325 g/mol. The normalized spacial score (nSPS) is 27.7. The number of aliphatic carboxylic acids is 1. The average Bonchev–Trinajstić information content (AvgIpc) is 2.93. The molecular formula is C15H27N5O3. The molecule has 1 aliphatic heterocycles. The van der Waals surface area contributed by atoms with E-state index in [2.05, 4.69) is 16.0 Å². The number of hydrogen-bond acceptors (Lipinski definition) is 4. The fourth-order valence-corrected chi connectivity index (χ4v) is 3.58. The van der Waals surface area contributed by atoms with Crippen LogP contribution in [0.25, 0.3) is 0 Å². The number of carbonyl (C=O) groups excluding carboxylic acids is 1. The second kappa shape index (κ2) is 8.14. The third-order valence-electron chi connectivity index (χ3n) is 4.78. The Bertz CT molecular complexity index is 442. The minimum atomic E-state index is -1.03. The lowest BCUT2D eigenvalue weighted by molar-refractivity contribution is -0.142. The van der Waals surface area contributed by atoms with Gasteiger partial charge in [0.1, 0.15) is 6.04 Å². The highest BCUT2D eigenvalue weighted by atomic mass is 16.4. The number of amides is 1. The van der Waals surface area contributed by atoms with Gasteiger partial charge in [0.25, 0.3) is 0 Å². The van der Waals surface area contributed by atoms with Crippen molar-refractivity contribution in [3.05, 3.63) is 0 Å². The first-order valence-corrected chi connectivity index (χ1v) is 8.34. The second-order valence-corrected chi connectivity index (χ2v) is 6.49. The summed E-state index contributed by atoms with van der Waals surface area (Å²) in [6, 6.07) is -0.775. The number of fused-ring (bicyclic) bond motifs is 1. The molecule has 1 saturated heterocycles. The number of guanidine groups is 1. The van der Waals surface area contributed by atoms with Crippen LogP contribution in [-0.2, 0) is 9.59 Å². The third kappa shape index (κ3) is 5.09. The summed E-state index contributed by atoms with van der Waals surface area (Å²) < 4.78 is 0. The minimum Gasteiger partial charge on any atom is -0.480 e. The molecule has 0 aromatic rings. The molecule has 3 unspecified atom stereocenters. The van der Waals surface area contributed by atoms with Gasteiger partial charge in [0.2, 0.25) is 5.91 Å². The van der Waals surface area contributed by atoms with Crippen LogP contribution in [0.4, 0.5) is 0 Å². The molecule has 1 heterocycles. The standard InChI is InChI=1S/C15H27N5O3/c16-15(17)18-7-3-6-11(14(22)23)20-13(21)12-8-9-4-1-2-5-10(9)19-12/h9-12,19H,1-8H2,(H,20,21)(H,22,23)(H4,16,17,18)/t9?,10-,11?,12?/m0/s1. The first-order chi connectivity index (χ1) is 11.0. The lowest BCUT2D eigenvalue weighted by Crippen LogP contribution is -2.49. The highest BCUT2D eigenvalue weighted by Crippen LogP contribution is 2.33. The van der Waals surface area contributed by atoms with Crippen molar-refractivity contribution in [1.82, 2.24) is 16.0 Å². The summed E-state index contributed by atoms with van der Waals surface area (Å²) in [5.74, 6) is -0.843. The van der Waals surface area contributed by atoms with E-state index in [0.717, 1.165) is 19.3 Å². The molecular weight excluding hydrogens is 298 g/mol. The van der Waals surface area contributed by atoms with Crippen LogP contribution in [0, 0.1) is 11.3 Å². The van der Waals surface area contributed by atoms with Crippen molar-refractivity contribution in [2.24, 2.45) is 11.7 Å². The molecule has 2 aliphatic rings. The molecule has 23 heavy (non-hydrogen) atoms. The maximum atomic E-state index is 12.3. The van der Waals surface area contributed by atoms with E-state index in [-0.39, 0.29) is 17.9 Å². The van der Waals surface area contributed by atoms with Gasteiger partial charge < -0.3 is 26.8 Å². The minimum absolute atomic E-state index is 0.140. The largest absolute Gasteiger partial charge is 0.480 e. The van der Waals surface area contributed by atoms with Crippen LogP contribution < -0.4 is 21.7 Å². The number of carboxylic acid groups (broad SMARTS) is 1. The van der Waals surface area contributed by atoms with Gasteiger partial charge in [-0.3, -0.25) is 10.2 Å². The van der Waals surface area contributed by atoms with Crippen LogP contribution in [0.3, 0.4) is 0 Å². The summed E-state index contributed by atoms with van der Waals surface area (Å²) in [7, 11) is 0. The van der Waals surface area contributed by atoms with Crippen LogP contribution in [0.2, 0.25) is 0 Å². The summed E-state index contributed by atoms with van der Waals surface area (Å²) in [4.78, 5) is 23.6. The van der Waals surface area contributed by atoms with E-state index in [0.29, 0.717) is 31.3 Å². The van der Waals surface area contributed by atoms with E-state index in [4.69, 9.17) is 11.1 Å². The monoisotopic (exact) mass is 325 g/mol. The van der Waals surface area contributed by atoms with Gasteiger partial charge >= 0.3 is 5.97 Å². The number of rotatable bonds is 7. The van der Waals surface area contributed by atoms with Crippen LogP contribution in [-0.4, -0.2) is 47.6 Å². The first-order valence-electron chi connectivity index (χ1n) is 8.34. The lowest BCUT2D eigenvalue weighted by atomic mass is 9.85. The topological polar surface area (TPSA) is 140 Å². The molecule has 2 rings (SSSR count). The molecule has 0 spiro atoms. The molecule has 0 radical (unpaired) electrons. The molecule has 2 fully saturated rings. The Morgan fingerprint density at radius 2 is 2.09 bits per heavy atom. The Hall–Kier alpha value is -1.83. The summed E-state index contributed by atoms with van der Waals surface area (Å²) in [5, 5.41) is 24.9. The molecule has 1 aliphatic carbocycles. The van der Waals surface area contributed by atoms with Gasteiger partial charge in [-0.25, -0.2) is 4.79 Å². The van der Waals surface area contributed by atoms with Crippen LogP contribution >= 0.6 is 0 Å². The predicted octanol–water partition coefficient (Wildman–Crippen LogP) is -0.260. The molecule has 0 aromatic heterocycles. The summed E-state index contributed by atoms with van der Waals surface area (Å²) >= 11 is 0. The van der Waals surface area contributed by atoms with E-state index in [9.17, 15) is 14.7 Å². The zero-order valence-corrected chi connectivity index (χ0v) is 13.3. The Balaban J connectivity index is 1.78. The number of carbonyl (C=O) groups is 2. The first kappa shape index (κ1) is 17.5. The Kier molecular flexibility index (Phi) is 6.20. The Labute approximate surface area is 136 Å². The number of carboxylic acids is 1. The van der Waals surface area contributed by atoms with E-state index in [1.54, 1.807) is 0 Å². The maximum absolute atomic E-state index is 12.3. The molecule has 7 N–H and O–H groups in total. The molecule has 130 valence electrons. The van der Waals surface area contributed by atoms with Crippen molar-refractivity contribution < 1.29 is 14.7 Å². The molecule has 1 saturated carbocycles. The SMILES string of the molecule is N=C(N)NCCCC(NC(=O)C1CC2CCCC[C@@H]2N1)C(=O)O. The highest BCUT2D eigenvalue weighted by molar-refractivity contribution is 5.87. The molecule has 8 heteroatoms. The summed E-state index contributed by atoms with van der Waals surface area (Å²) in [6.07, 6.45) is 6.30. The fourth-order valence-electron chi connectivity index (χ4n) is 3.58. The van der Waals surface area contributed by atoms with E-state index in [1.807, 2.05) is 0 Å². The zero-order valence-electron chi connectivity index (χ0n) is 13.3. The zero-order chi connectivity index (χ0) is 16.8. The summed E-state index contributed by atoms with van der Waals surface area (Å²) in [5.41, 5.74) is 5.17. The van der Waals surface area contributed by atoms with Crippen molar-refractivity contribution >= 4 is 17.8 Å². The van der Waals surface area contributed by atoms with Gasteiger partial charge in [0, 0.05) is 12.6 Å². The fraction of sp³-hybridized carbons (Fsp3) is 0.800. The van der Waals surface area contributed by atoms with Gasteiger partial charge in [-0.2, -0.15) is 0 Å². The van der Waals surface area contributed by atoms with E-state index in [1.165, 1.54) is 12.8 Å². The van der Waals surface area contributed by atoms with Gasteiger partial charge in [-0.1, -0.05) is 12.8 Å². The summed E-state index contributed by atoms with van der Waals surface area (Å²) in [6.45, 7) is 0.417. The third-order valence-corrected chi connectivity index (χ3v) is 4.78. The number of nitrogens with two attached hydrogens (primary N) is 1. The Morgan fingerprint density at radius 3 is 2.74 bits per heavy atom. The van der Waals surface area contributed by atoms with Crippen molar-refractivity contribution in [1.29, 1.82) is 5.41 Å². The molecule has 8 nitrogen and oxygen atoms in total. The van der Waals surface area contributed by atoms with Crippen LogP contribution in [0.5, 0.6) is 0 Å². The van der Waals surface area contributed by atoms with Crippen LogP contribution in [0.1, 0.15) is 44.9 Å². The van der Waals surface area contributed by atoms with Crippen LogP contribution in [0.15, 0.2) is 0 Å². The number of hydrogen-bond donors (Lipinski definition) is 6. The Morgan fingerprint density at radius 1 is 1.35 bits per heavy atom. The quantitative estimate of drug-likeness (QED) is 0.216. The predicted molar refractivity (Wildman–Crippen MR) is 86.0 cm³/mol. The van der Waals surface area contributed by atoms with E-state index < -0.39 is 12.0 Å². The van der Waals surface area contributed by atoms with Crippen molar-refractivity contribution in [3.63, 3.8) is 0 Å². The smallest absolute Gasteiger partial charge is 0.326 e. The van der Waals surface area contributed by atoms with Gasteiger partial charge in [-0.15, -0.1) is 0 Å². The van der Waals surface area contributed by atoms with Gasteiger partial charge in [0.15, 0.2) is 5.96 Å². The molecule has 0 aromatic carbocycles. The van der Waals surface area contributed by atoms with Crippen molar-refractivity contribution in [2.75, 3.05) is 6.54 Å². The molecule has 0 bridgehead atoms. The lowest BCUT2D eigenvalue weighted by Gasteiger charge is -2.24. The maximum Gasteiger partial charge on any atom is 0.326 e. The molecule has 1 amide bonds. The van der Waals surface area contributed by atoms with Crippen molar-refractivity contribution in [3.8, 4) is 0 Å². The van der Waals surface area contributed by atoms with Crippen molar-refractivity contribution in [2.45, 2.75) is 63.1 Å².